The fourth-order valence-corrected chi connectivity index (χ4v) is 2.49. The number of nitrogens with two attached hydrogens (primary N) is 2. The third-order valence-corrected chi connectivity index (χ3v) is 3.46. The number of thiophene rings is 1. The average molecular weight is 261 g/mol. The molecule has 0 saturated heterocycles. The average Bonchev–Trinajstić information content (AvgIpc) is 2.70. The van der Waals surface area contributed by atoms with Gasteiger partial charge in [0, 0.05) is 26.7 Å². The van der Waals surface area contributed by atoms with Gasteiger partial charge in [-0.15, -0.1) is 11.3 Å². The van der Waals surface area contributed by atoms with Crippen molar-refractivity contribution in [2.24, 2.45) is 0 Å². The first-order valence-electron chi connectivity index (χ1n) is 5.54. The number of hydrogen-bond donors (Lipinski definition) is 3. The smallest absolute Gasteiger partial charge is 0.251 e. The van der Waals surface area contributed by atoms with Crippen LogP contribution in [0.2, 0.25) is 0 Å². The maximum atomic E-state index is 11.9. The first-order valence-corrected chi connectivity index (χ1v) is 6.36. The van der Waals surface area contributed by atoms with Crippen LogP contribution >= 0.6 is 11.3 Å². The van der Waals surface area contributed by atoms with Gasteiger partial charge in [-0.25, -0.2) is 0 Å². The molecule has 1 aromatic heterocycles. The highest BCUT2D eigenvalue weighted by molar-refractivity contribution is 7.11. The van der Waals surface area contributed by atoms with Crippen LogP contribution in [0.15, 0.2) is 30.3 Å². The molecule has 0 fully saturated rings. The lowest BCUT2D eigenvalue weighted by molar-refractivity contribution is 0.0951. The molecule has 0 radical (unpaired) electrons. The molecular formula is C13H15N3OS. The third-order valence-electron chi connectivity index (χ3n) is 2.46. The minimum atomic E-state index is -0.167. The van der Waals surface area contributed by atoms with E-state index in [9.17, 15) is 4.79 Å². The van der Waals surface area contributed by atoms with Crippen LogP contribution < -0.4 is 16.8 Å². The van der Waals surface area contributed by atoms with E-state index < -0.39 is 0 Å². The number of carbonyl (C=O) groups is 1. The molecule has 5 heteroatoms. The molecular weight excluding hydrogens is 246 g/mol. The lowest BCUT2D eigenvalue weighted by atomic mass is 10.1. The van der Waals surface area contributed by atoms with Gasteiger partial charge in [-0.05, 0) is 37.3 Å². The second kappa shape index (κ2) is 5.10. The summed E-state index contributed by atoms with van der Waals surface area (Å²) >= 11 is 1.67. The van der Waals surface area contributed by atoms with Crippen molar-refractivity contribution in [3.8, 4) is 0 Å². The predicted molar refractivity (Wildman–Crippen MR) is 75.5 cm³/mol. The van der Waals surface area contributed by atoms with Crippen LogP contribution in [0.3, 0.4) is 0 Å². The standard InChI is InChI=1S/C13H15N3OS/c1-8-2-3-12(18-8)7-16-13(17)9-4-10(14)6-11(15)5-9/h2-6H,7,14-15H2,1H3,(H,16,17). The minimum Gasteiger partial charge on any atom is -0.399 e. The molecule has 1 aromatic carbocycles. The minimum absolute atomic E-state index is 0.167. The first-order chi connectivity index (χ1) is 8.54. The molecule has 1 heterocycles. The molecule has 0 aliphatic heterocycles. The summed E-state index contributed by atoms with van der Waals surface area (Å²) < 4.78 is 0. The lowest BCUT2D eigenvalue weighted by Gasteiger charge is -2.05. The molecule has 94 valence electrons. The van der Waals surface area contributed by atoms with Crippen molar-refractivity contribution in [1.29, 1.82) is 0 Å². The molecule has 0 aliphatic rings. The van der Waals surface area contributed by atoms with E-state index in [4.69, 9.17) is 11.5 Å². The predicted octanol–water partition coefficient (Wildman–Crippen LogP) is 2.15. The number of amides is 1. The Morgan fingerprint density at radius 1 is 1.22 bits per heavy atom. The fraction of sp³-hybridized carbons (Fsp3) is 0.154. The quantitative estimate of drug-likeness (QED) is 0.740. The largest absolute Gasteiger partial charge is 0.399 e. The Bertz CT molecular complexity index is 557. The number of carbonyl (C=O) groups excluding carboxylic acids is 1. The number of aryl methyl sites for hydroxylation is 1. The van der Waals surface area contributed by atoms with E-state index in [-0.39, 0.29) is 5.91 Å². The van der Waals surface area contributed by atoms with E-state index in [1.165, 1.54) is 4.88 Å². The van der Waals surface area contributed by atoms with Crippen molar-refractivity contribution < 1.29 is 4.79 Å². The Balaban J connectivity index is 2.03. The molecule has 0 unspecified atom stereocenters. The molecule has 2 aromatic rings. The summed E-state index contributed by atoms with van der Waals surface area (Å²) in [7, 11) is 0. The van der Waals surface area contributed by atoms with Gasteiger partial charge in [0.15, 0.2) is 0 Å². The molecule has 5 N–H and O–H groups in total. The van der Waals surface area contributed by atoms with Crippen LogP contribution in [0.1, 0.15) is 20.1 Å². The Hall–Kier alpha value is -2.01. The Morgan fingerprint density at radius 2 is 1.89 bits per heavy atom. The van der Waals surface area contributed by atoms with Crippen LogP contribution in [0.5, 0.6) is 0 Å². The number of hydrogen-bond acceptors (Lipinski definition) is 4. The maximum Gasteiger partial charge on any atom is 0.251 e. The topological polar surface area (TPSA) is 81.1 Å². The van der Waals surface area contributed by atoms with Crippen LogP contribution in [0.25, 0.3) is 0 Å². The van der Waals surface area contributed by atoms with Gasteiger partial charge in [0.1, 0.15) is 0 Å². The first kappa shape index (κ1) is 12.4. The Kier molecular flexibility index (Phi) is 3.53. The number of rotatable bonds is 3. The summed E-state index contributed by atoms with van der Waals surface area (Å²) in [5.74, 6) is -0.167. The highest BCUT2D eigenvalue weighted by Gasteiger charge is 2.07. The molecule has 0 bridgehead atoms. The van der Waals surface area contributed by atoms with Crippen LogP contribution in [-0.2, 0) is 6.54 Å². The van der Waals surface area contributed by atoms with Crippen molar-refractivity contribution in [3.05, 3.63) is 45.6 Å². The van der Waals surface area contributed by atoms with Gasteiger partial charge in [0.2, 0.25) is 0 Å². The third kappa shape index (κ3) is 3.01. The second-order valence-electron chi connectivity index (χ2n) is 4.08. The van der Waals surface area contributed by atoms with Crippen molar-refractivity contribution in [2.45, 2.75) is 13.5 Å². The summed E-state index contributed by atoms with van der Waals surface area (Å²) in [6.45, 7) is 2.56. The Labute approximate surface area is 110 Å². The lowest BCUT2D eigenvalue weighted by Crippen LogP contribution is -2.22. The van der Waals surface area contributed by atoms with Crippen LogP contribution in [0.4, 0.5) is 11.4 Å². The van der Waals surface area contributed by atoms with Gasteiger partial charge >= 0.3 is 0 Å². The molecule has 0 saturated carbocycles. The molecule has 0 spiro atoms. The summed E-state index contributed by atoms with van der Waals surface area (Å²) in [5, 5.41) is 2.84. The van der Waals surface area contributed by atoms with Gasteiger partial charge in [0.25, 0.3) is 5.91 Å². The molecule has 1 amide bonds. The van der Waals surface area contributed by atoms with E-state index >= 15 is 0 Å². The number of benzene rings is 1. The summed E-state index contributed by atoms with van der Waals surface area (Å²) in [4.78, 5) is 14.3. The molecule has 4 nitrogen and oxygen atoms in total. The molecule has 0 atom stereocenters. The van der Waals surface area contributed by atoms with E-state index in [1.807, 2.05) is 19.1 Å². The zero-order valence-corrected chi connectivity index (χ0v) is 10.9. The number of anilines is 2. The highest BCUT2D eigenvalue weighted by Crippen LogP contribution is 2.16. The fourth-order valence-electron chi connectivity index (χ4n) is 1.66. The van der Waals surface area contributed by atoms with E-state index in [0.717, 1.165) is 4.88 Å². The normalized spacial score (nSPS) is 10.3. The van der Waals surface area contributed by atoms with Crippen LogP contribution in [0, 0.1) is 6.92 Å². The van der Waals surface area contributed by atoms with Gasteiger partial charge in [0.05, 0.1) is 6.54 Å². The van der Waals surface area contributed by atoms with Gasteiger partial charge in [-0.2, -0.15) is 0 Å². The summed E-state index contributed by atoms with van der Waals surface area (Å²) in [6.07, 6.45) is 0. The van der Waals surface area contributed by atoms with E-state index in [2.05, 4.69) is 5.32 Å². The number of nitrogen functional groups attached to an aromatic ring is 2. The van der Waals surface area contributed by atoms with Crippen molar-refractivity contribution in [2.75, 3.05) is 11.5 Å². The van der Waals surface area contributed by atoms with Gasteiger partial charge in [-0.1, -0.05) is 0 Å². The zero-order chi connectivity index (χ0) is 13.1. The summed E-state index contributed by atoms with van der Waals surface area (Å²) in [5.41, 5.74) is 12.8. The van der Waals surface area contributed by atoms with Crippen molar-refractivity contribution >= 4 is 28.6 Å². The summed E-state index contributed by atoms with van der Waals surface area (Å²) in [6, 6.07) is 8.90. The second-order valence-corrected chi connectivity index (χ2v) is 5.46. The molecule has 0 aliphatic carbocycles. The molecule has 2 rings (SSSR count). The number of nitrogens with one attached hydrogen (secondary N) is 1. The van der Waals surface area contributed by atoms with Crippen molar-refractivity contribution in [3.63, 3.8) is 0 Å². The van der Waals surface area contributed by atoms with E-state index in [0.29, 0.717) is 23.5 Å². The highest BCUT2D eigenvalue weighted by atomic mass is 32.1. The van der Waals surface area contributed by atoms with Crippen LogP contribution in [-0.4, -0.2) is 5.91 Å². The Morgan fingerprint density at radius 3 is 2.44 bits per heavy atom. The maximum absolute atomic E-state index is 11.9. The molecule has 18 heavy (non-hydrogen) atoms. The zero-order valence-electron chi connectivity index (χ0n) is 10.1. The van der Waals surface area contributed by atoms with Crippen molar-refractivity contribution in [1.82, 2.24) is 5.32 Å². The monoisotopic (exact) mass is 261 g/mol. The SMILES string of the molecule is Cc1ccc(CNC(=O)c2cc(N)cc(N)c2)s1. The van der Waals surface area contributed by atoms with Gasteiger partial charge < -0.3 is 16.8 Å². The van der Waals surface area contributed by atoms with Gasteiger partial charge in [-0.3, -0.25) is 4.79 Å². The van der Waals surface area contributed by atoms with E-state index in [1.54, 1.807) is 29.5 Å².